The van der Waals surface area contributed by atoms with Gasteiger partial charge in [0.1, 0.15) is 0 Å². The molecule has 92 valence electrons. The Hall–Kier alpha value is -2.29. The molecule has 3 N–H and O–H groups in total. The van der Waals surface area contributed by atoms with Crippen molar-refractivity contribution in [3.05, 3.63) is 65.7 Å². The summed E-state index contributed by atoms with van der Waals surface area (Å²) in [5.74, 6) is -0.974. The van der Waals surface area contributed by atoms with Gasteiger partial charge in [-0.05, 0) is 23.3 Å². The van der Waals surface area contributed by atoms with Crippen LogP contribution in [-0.2, 0) is 4.79 Å². The van der Waals surface area contributed by atoms with Gasteiger partial charge in [-0.1, -0.05) is 42.5 Å². The van der Waals surface area contributed by atoms with E-state index >= 15 is 0 Å². The van der Waals surface area contributed by atoms with E-state index in [0.717, 1.165) is 11.1 Å². The first kappa shape index (κ1) is 12.2. The summed E-state index contributed by atoms with van der Waals surface area (Å²) in [7, 11) is 0. The fraction of sp³-hybridized carbons (Fsp3) is 0.133. The lowest BCUT2D eigenvalue weighted by Crippen LogP contribution is -2.08. The molecule has 18 heavy (non-hydrogen) atoms. The second-order valence-corrected chi connectivity index (χ2v) is 4.23. The summed E-state index contributed by atoms with van der Waals surface area (Å²) in [6.07, 6.45) is 0.0630. The predicted molar refractivity (Wildman–Crippen MR) is 71.4 cm³/mol. The summed E-state index contributed by atoms with van der Waals surface area (Å²) in [4.78, 5) is 11.0. The zero-order valence-corrected chi connectivity index (χ0v) is 9.91. The number of rotatable bonds is 4. The normalized spacial score (nSPS) is 12.0. The minimum atomic E-state index is -0.814. The molecule has 1 atom stereocenters. The predicted octanol–water partition coefficient (Wildman–Crippen LogP) is 2.88. The zero-order valence-electron chi connectivity index (χ0n) is 9.91. The molecule has 1 unspecified atom stereocenters. The van der Waals surface area contributed by atoms with Gasteiger partial charge < -0.3 is 10.8 Å². The largest absolute Gasteiger partial charge is 0.481 e. The number of anilines is 1. The van der Waals surface area contributed by atoms with Crippen LogP contribution < -0.4 is 5.73 Å². The summed E-state index contributed by atoms with van der Waals surface area (Å²) in [5, 5.41) is 9.04. The number of hydrogen-bond acceptors (Lipinski definition) is 2. The van der Waals surface area contributed by atoms with Crippen LogP contribution in [0.3, 0.4) is 0 Å². The third-order valence-electron chi connectivity index (χ3n) is 2.89. The molecular formula is C15H15NO2. The van der Waals surface area contributed by atoms with Gasteiger partial charge in [0, 0.05) is 11.6 Å². The average Bonchev–Trinajstić information content (AvgIpc) is 2.37. The van der Waals surface area contributed by atoms with E-state index in [9.17, 15) is 4.79 Å². The fourth-order valence-electron chi connectivity index (χ4n) is 2.06. The topological polar surface area (TPSA) is 63.3 Å². The molecule has 0 bridgehead atoms. The molecule has 0 aromatic heterocycles. The molecular weight excluding hydrogens is 226 g/mol. The lowest BCUT2D eigenvalue weighted by molar-refractivity contribution is -0.137. The second-order valence-electron chi connectivity index (χ2n) is 4.23. The maximum Gasteiger partial charge on any atom is 0.304 e. The van der Waals surface area contributed by atoms with Gasteiger partial charge in [0.15, 0.2) is 0 Å². The molecule has 0 fully saturated rings. The maximum absolute atomic E-state index is 11.0. The monoisotopic (exact) mass is 241 g/mol. The van der Waals surface area contributed by atoms with Gasteiger partial charge in [-0.15, -0.1) is 0 Å². The van der Waals surface area contributed by atoms with E-state index in [1.807, 2.05) is 48.5 Å². The molecule has 0 saturated carbocycles. The highest BCUT2D eigenvalue weighted by Gasteiger charge is 2.17. The van der Waals surface area contributed by atoms with E-state index in [1.165, 1.54) is 0 Å². The van der Waals surface area contributed by atoms with E-state index in [2.05, 4.69) is 0 Å². The molecule has 0 radical (unpaired) electrons. The highest BCUT2D eigenvalue weighted by Crippen LogP contribution is 2.28. The van der Waals surface area contributed by atoms with Crippen molar-refractivity contribution in [3.8, 4) is 0 Å². The van der Waals surface area contributed by atoms with Crippen molar-refractivity contribution < 1.29 is 9.90 Å². The Balaban J connectivity index is 2.40. The number of aliphatic carboxylic acids is 1. The van der Waals surface area contributed by atoms with Crippen LogP contribution in [0, 0.1) is 0 Å². The molecule has 0 aliphatic heterocycles. The molecule has 2 rings (SSSR count). The van der Waals surface area contributed by atoms with Gasteiger partial charge in [0.2, 0.25) is 0 Å². The molecule has 3 nitrogen and oxygen atoms in total. The van der Waals surface area contributed by atoms with Gasteiger partial charge in [0.25, 0.3) is 0 Å². The van der Waals surface area contributed by atoms with Crippen molar-refractivity contribution in [2.75, 3.05) is 5.73 Å². The van der Waals surface area contributed by atoms with Crippen molar-refractivity contribution in [1.29, 1.82) is 0 Å². The van der Waals surface area contributed by atoms with Gasteiger partial charge in [-0.25, -0.2) is 0 Å². The van der Waals surface area contributed by atoms with Crippen molar-refractivity contribution in [1.82, 2.24) is 0 Å². The Morgan fingerprint density at radius 2 is 1.72 bits per heavy atom. The lowest BCUT2D eigenvalue weighted by atomic mass is 9.88. The van der Waals surface area contributed by atoms with Gasteiger partial charge >= 0.3 is 5.97 Å². The molecule has 0 amide bonds. The Bertz CT molecular complexity index is 537. The van der Waals surface area contributed by atoms with Crippen LogP contribution in [0.4, 0.5) is 5.69 Å². The van der Waals surface area contributed by atoms with Crippen molar-refractivity contribution in [3.63, 3.8) is 0 Å². The van der Waals surface area contributed by atoms with Crippen LogP contribution in [0.25, 0.3) is 0 Å². The van der Waals surface area contributed by atoms with Crippen molar-refractivity contribution >= 4 is 11.7 Å². The Morgan fingerprint density at radius 1 is 1.06 bits per heavy atom. The first-order chi connectivity index (χ1) is 8.66. The quantitative estimate of drug-likeness (QED) is 0.809. The summed E-state index contributed by atoms with van der Waals surface area (Å²) in [6, 6.07) is 17.0. The number of nitrogen functional groups attached to an aromatic ring is 1. The molecule has 0 aliphatic rings. The molecule has 0 saturated heterocycles. The van der Waals surface area contributed by atoms with E-state index < -0.39 is 5.97 Å². The Labute approximate surface area is 106 Å². The van der Waals surface area contributed by atoms with E-state index in [-0.39, 0.29) is 12.3 Å². The smallest absolute Gasteiger partial charge is 0.304 e. The van der Waals surface area contributed by atoms with Crippen molar-refractivity contribution in [2.45, 2.75) is 12.3 Å². The zero-order chi connectivity index (χ0) is 13.0. The van der Waals surface area contributed by atoms with Crippen LogP contribution in [0.15, 0.2) is 54.6 Å². The van der Waals surface area contributed by atoms with Gasteiger partial charge in [-0.3, -0.25) is 4.79 Å². The third kappa shape index (κ3) is 2.88. The van der Waals surface area contributed by atoms with E-state index in [0.29, 0.717) is 5.69 Å². The van der Waals surface area contributed by atoms with Crippen LogP contribution in [0.5, 0.6) is 0 Å². The number of carboxylic acids is 1. The Kier molecular flexibility index (Phi) is 3.63. The number of hydrogen-bond donors (Lipinski definition) is 2. The highest BCUT2D eigenvalue weighted by molar-refractivity contribution is 5.69. The molecule has 0 aliphatic carbocycles. The van der Waals surface area contributed by atoms with Gasteiger partial charge in [0.05, 0.1) is 6.42 Å². The molecule has 0 spiro atoms. The summed E-state index contributed by atoms with van der Waals surface area (Å²) in [6.45, 7) is 0. The molecule has 3 heteroatoms. The number of carbonyl (C=O) groups is 1. The lowest BCUT2D eigenvalue weighted by Gasteiger charge is -2.16. The van der Waals surface area contributed by atoms with Crippen LogP contribution >= 0.6 is 0 Å². The molecule has 2 aromatic rings. The Morgan fingerprint density at radius 3 is 2.33 bits per heavy atom. The fourth-order valence-corrected chi connectivity index (χ4v) is 2.06. The summed E-state index contributed by atoms with van der Waals surface area (Å²) in [5.41, 5.74) is 8.33. The molecule has 2 aromatic carbocycles. The highest BCUT2D eigenvalue weighted by atomic mass is 16.4. The minimum absolute atomic E-state index is 0.0630. The second kappa shape index (κ2) is 5.36. The maximum atomic E-state index is 11.0. The van der Waals surface area contributed by atoms with E-state index in [4.69, 9.17) is 10.8 Å². The van der Waals surface area contributed by atoms with Gasteiger partial charge in [-0.2, -0.15) is 0 Å². The number of carboxylic acid groups (broad SMARTS) is 1. The average molecular weight is 241 g/mol. The summed E-state index contributed by atoms with van der Waals surface area (Å²) < 4.78 is 0. The van der Waals surface area contributed by atoms with E-state index in [1.54, 1.807) is 6.07 Å². The van der Waals surface area contributed by atoms with Crippen LogP contribution in [0.2, 0.25) is 0 Å². The standard InChI is InChI=1S/C15H15NO2/c16-13-8-4-7-12(9-13)14(10-15(17)18)11-5-2-1-3-6-11/h1-9,14H,10,16H2,(H,17,18). The van der Waals surface area contributed by atoms with Crippen LogP contribution in [0.1, 0.15) is 23.5 Å². The third-order valence-corrected chi connectivity index (χ3v) is 2.89. The first-order valence-electron chi connectivity index (χ1n) is 5.79. The number of nitrogens with two attached hydrogens (primary N) is 1. The summed E-state index contributed by atoms with van der Waals surface area (Å²) >= 11 is 0. The SMILES string of the molecule is Nc1cccc(C(CC(=O)O)c2ccccc2)c1. The first-order valence-corrected chi connectivity index (χ1v) is 5.79. The van der Waals surface area contributed by atoms with Crippen molar-refractivity contribution in [2.24, 2.45) is 0 Å². The molecule has 0 heterocycles. The number of benzene rings is 2. The van der Waals surface area contributed by atoms with Crippen LogP contribution in [-0.4, -0.2) is 11.1 Å². The minimum Gasteiger partial charge on any atom is -0.481 e.